The number of carboxylic acid groups (broad SMARTS) is 1. The van der Waals surface area contributed by atoms with Crippen LogP contribution in [0.2, 0.25) is 0 Å². The first-order chi connectivity index (χ1) is 11.4. The van der Waals surface area contributed by atoms with Crippen LogP contribution in [0, 0.1) is 14.9 Å². The van der Waals surface area contributed by atoms with Crippen molar-refractivity contribution in [3.63, 3.8) is 0 Å². The summed E-state index contributed by atoms with van der Waals surface area (Å²) < 4.78 is 0.649. The summed E-state index contributed by atoms with van der Waals surface area (Å²) in [5.74, 6) is -0.404. The van der Waals surface area contributed by atoms with Crippen LogP contribution in [-0.2, 0) is 4.79 Å². The predicted molar refractivity (Wildman–Crippen MR) is 89.3 cm³/mol. The topological polar surface area (TPSA) is 105 Å². The number of carbonyl (C=O) groups excluding carboxylic acids is 2. The van der Waals surface area contributed by atoms with Gasteiger partial charge in [-0.2, -0.15) is 5.26 Å². The molecule has 3 atom stereocenters. The second-order valence-corrected chi connectivity index (χ2v) is 7.14. The molecule has 24 heavy (non-hydrogen) atoms. The number of halogens is 1. The Morgan fingerprint density at radius 3 is 2.75 bits per heavy atom. The number of anilines is 1. The molecule has 1 N–H and O–H groups in total. The molecule has 0 aromatic heterocycles. The van der Waals surface area contributed by atoms with Crippen molar-refractivity contribution >= 4 is 46.3 Å². The Bertz CT molecular complexity index is 835. The smallest absolute Gasteiger partial charge is 0.407 e. The van der Waals surface area contributed by atoms with Crippen molar-refractivity contribution in [2.24, 2.45) is 0 Å². The highest BCUT2D eigenvalue weighted by molar-refractivity contribution is 14.1. The van der Waals surface area contributed by atoms with Crippen LogP contribution in [0.5, 0.6) is 0 Å². The number of imide groups is 1. The molecule has 2 bridgehead atoms. The van der Waals surface area contributed by atoms with E-state index in [0.717, 1.165) is 4.90 Å². The van der Waals surface area contributed by atoms with Gasteiger partial charge in [-0.05, 0) is 47.2 Å². The van der Waals surface area contributed by atoms with E-state index in [1.54, 1.807) is 18.2 Å². The molecule has 9 heteroatoms. The third-order valence-electron chi connectivity index (χ3n) is 4.84. The fourth-order valence-electron chi connectivity index (χ4n) is 3.85. The van der Waals surface area contributed by atoms with E-state index in [4.69, 9.17) is 5.26 Å². The minimum Gasteiger partial charge on any atom is -0.465 e. The third kappa shape index (κ3) is 1.86. The Hall–Kier alpha value is -2.35. The summed E-state index contributed by atoms with van der Waals surface area (Å²) in [6.45, 7) is 0.244. The number of nitrogens with zero attached hydrogens (tertiary/aromatic N) is 4. The summed E-state index contributed by atoms with van der Waals surface area (Å²) in [6, 6.07) is 4.89. The molecule has 0 aliphatic carbocycles. The number of benzene rings is 1. The summed E-state index contributed by atoms with van der Waals surface area (Å²) in [6.07, 6.45) is -0.554. The fraction of sp³-hybridized carbons (Fsp3) is 0.333. The Balaban J connectivity index is 1.70. The van der Waals surface area contributed by atoms with Gasteiger partial charge in [-0.25, -0.2) is 14.5 Å². The summed E-state index contributed by atoms with van der Waals surface area (Å²) in [5.41, 5.74) is 0.875. The molecule has 3 saturated heterocycles. The summed E-state index contributed by atoms with van der Waals surface area (Å²) >= 11 is 1.98. The minimum absolute atomic E-state index is 0.244. The molecule has 4 amide bonds. The van der Waals surface area contributed by atoms with Crippen molar-refractivity contribution in [1.29, 1.82) is 5.26 Å². The summed E-state index contributed by atoms with van der Waals surface area (Å²) in [5, 5.41) is 18.2. The van der Waals surface area contributed by atoms with E-state index in [-0.39, 0.29) is 12.6 Å². The highest BCUT2D eigenvalue weighted by Gasteiger charge is 2.63. The largest absolute Gasteiger partial charge is 0.465 e. The van der Waals surface area contributed by atoms with Gasteiger partial charge in [0.25, 0.3) is 5.91 Å². The number of likely N-dealkylation sites (tertiary alicyclic amines) is 1. The minimum atomic E-state index is -1.06. The maximum Gasteiger partial charge on any atom is 0.407 e. The Morgan fingerprint density at radius 1 is 1.38 bits per heavy atom. The van der Waals surface area contributed by atoms with E-state index in [0.29, 0.717) is 21.2 Å². The number of carbonyl (C=O) groups is 3. The van der Waals surface area contributed by atoms with E-state index < -0.39 is 30.1 Å². The van der Waals surface area contributed by atoms with Crippen molar-refractivity contribution in [1.82, 2.24) is 9.80 Å². The van der Waals surface area contributed by atoms with Gasteiger partial charge in [0.05, 0.1) is 23.3 Å². The van der Waals surface area contributed by atoms with Crippen LogP contribution in [0.1, 0.15) is 12.0 Å². The number of hydrogen-bond donors (Lipinski definition) is 1. The molecule has 0 spiro atoms. The van der Waals surface area contributed by atoms with E-state index in [9.17, 15) is 19.5 Å². The molecule has 3 aliphatic heterocycles. The van der Waals surface area contributed by atoms with Crippen LogP contribution in [0.15, 0.2) is 18.2 Å². The second-order valence-electron chi connectivity index (χ2n) is 5.98. The van der Waals surface area contributed by atoms with E-state index in [1.165, 1.54) is 9.80 Å². The SMILES string of the molecule is N#Cc1ccc(N2C(=O)C3C4CC(CN4C(=O)O)N3C2=O)cc1I. The van der Waals surface area contributed by atoms with Gasteiger partial charge in [0.15, 0.2) is 0 Å². The lowest BCUT2D eigenvalue weighted by Crippen LogP contribution is -2.54. The molecule has 122 valence electrons. The molecule has 1 aromatic carbocycles. The number of nitriles is 1. The zero-order chi connectivity index (χ0) is 17.2. The maximum absolute atomic E-state index is 12.8. The normalized spacial score (nSPS) is 27.7. The highest BCUT2D eigenvalue weighted by Crippen LogP contribution is 2.42. The predicted octanol–water partition coefficient (Wildman–Crippen LogP) is 1.43. The van der Waals surface area contributed by atoms with Crippen LogP contribution >= 0.6 is 22.6 Å². The number of rotatable bonds is 1. The molecule has 3 fully saturated rings. The molecular weight excluding hydrogens is 427 g/mol. The van der Waals surface area contributed by atoms with Gasteiger partial charge in [0.2, 0.25) is 0 Å². The van der Waals surface area contributed by atoms with Crippen LogP contribution < -0.4 is 4.90 Å². The van der Waals surface area contributed by atoms with Crippen molar-refractivity contribution in [3.8, 4) is 6.07 Å². The van der Waals surface area contributed by atoms with E-state index in [1.807, 2.05) is 28.7 Å². The molecule has 1 aromatic rings. The van der Waals surface area contributed by atoms with Gasteiger partial charge in [-0.3, -0.25) is 4.79 Å². The molecule has 0 saturated carbocycles. The van der Waals surface area contributed by atoms with Crippen LogP contribution in [0.25, 0.3) is 0 Å². The number of amides is 4. The lowest BCUT2D eigenvalue weighted by atomic mass is 10.1. The lowest BCUT2D eigenvalue weighted by molar-refractivity contribution is -0.121. The first-order valence-corrected chi connectivity index (χ1v) is 8.37. The van der Waals surface area contributed by atoms with Crippen LogP contribution in [0.3, 0.4) is 0 Å². The van der Waals surface area contributed by atoms with Gasteiger partial charge in [-0.15, -0.1) is 0 Å². The molecule has 3 unspecified atom stereocenters. The van der Waals surface area contributed by atoms with E-state index in [2.05, 4.69) is 0 Å². The van der Waals surface area contributed by atoms with Crippen LogP contribution in [-0.4, -0.2) is 57.6 Å². The van der Waals surface area contributed by atoms with E-state index >= 15 is 0 Å². The lowest BCUT2D eigenvalue weighted by Gasteiger charge is -2.32. The Labute approximate surface area is 150 Å². The van der Waals surface area contributed by atoms with Crippen molar-refractivity contribution in [2.75, 3.05) is 11.4 Å². The number of urea groups is 1. The van der Waals surface area contributed by atoms with Gasteiger partial charge < -0.3 is 14.9 Å². The molecule has 4 rings (SSSR count). The fourth-order valence-corrected chi connectivity index (χ4v) is 4.47. The summed E-state index contributed by atoms with van der Waals surface area (Å²) in [7, 11) is 0. The van der Waals surface area contributed by atoms with Gasteiger partial charge >= 0.3 is 12.1 Å². The average Bonchev–Trinajstić information content (AvgIpc) is 3.19. The average molecular weight is 438 g/mol. The summed E-state index contributed by atoms with van der Waals surface area (Å²) in [4.78, 5) is 40.7. The zero-order valence-corrected chi connectivity index (χ0v) is 14.4. The Kier molecular flexibility index (Phi) is 3.21. The third-order valence-corrected chi connectivity index (χ3v) is 5.73. The van der Waals surface area contributed by atoms with Gasteiger partial charge in [0.1, 0.15) is 12.1 Å². The van der Waals surface area contributed by atoms with Crippen molar-refractivity contribution in [3.05, 3.63) is 27.3 Å². The molecule has 3 heterocycles. The number of piperazine rings is 1. The monoisotopic (exact) mass is 438 g/mol. The van der Waals surface area contributed by atoms with Crippen molar-refractivity contribution in [2.45, 2.75) is 24.5 Å². The number of hydrogen-bond acceptors (Lipinski definition) is 4. The molecular formula is C15H11IN4O4. The van der Waals surface area contributed by atoms with Gasteiger partial charge in [0, 0.05) is 10.1 Å². The first-order valence-electron chi connectivity index (χ1n) is 7.29. The number of fused-ring (bicyclic) bond motifs is 5. The Morgan fingerprint density at radius 2 is 2.12 bits per heavy atom. The second kappa shape index (κ2) is 5.07. The van der Waals surface area contributed by atoms with Crippen LogP contribution in [0.4, 0.5) is 15.3 Å². The molecule has 8 nitrogen and oxygen atoms in total. The van der Waals surface area contributed by atoms with Crippen molar-refractivity contribution < 1.29 is 19.5 Å². The quantitative estimate of drug-likeness (QED) is 0.528. The van der Waals surface area contributed by atoms with Gasteiger partial charge in [-0.1, -0.05) is 0 Å². The highest BCUT2D eigenvalue weighted by atomic mass is 127. The zero-order valence-electron chi connectivity index (χ0n) is 12.2. The first kappa shape index (κ1) is 15.2. The molecule has 0 radical (unpaired) electrons. The standard InChI is InChI=1S/C15H11IN4O4/c16-10-3-8(2-1-7(10)5-17)20-13(21)12-11-4-9(19(12)14(20)22)6-18(11)15(23)24/h1-3,9,11-12H,4,6H2,(H,23,24). The molecule has 3 aliphatic rings. The maximum atomic E-state index is 12.8.